The van der Waals surface area contributed by atoms with Crippen molar-refractivity contribution in [2.45, 2.75) is 6.92 Å². The third kappa shape index (κ3) is 3.71. The SMILES string of the molecule is COc1ccc(Nc2cc(Nc3ccc4c(c3)OCO4)nc(C)n2)c(OC)c1. The lowest BCUT2D eigenvalue weighted by atomic mass is 10.2. The van der Waals surface area contributed by atoms with E-state index in [2.05, 4.69) is 20.6 Å². The fraction of sp³-hybridized carbons (Fsp3) is 0.200. The summed E-state index contributed by atoms with van der Waals surface area (Å²) in [7, 11) is 3.22. The molecule has 28 heavy (non-hydrogen) atoms. The highest BCUT2D eigenvalue weighted by molar-refractivity contribution is 5.69. The van der Waals surface area contributed by atoms with E-state index in [9.17, 15) is 0 Å². The first-order valence-electron chi connectivity index (χ1n) is 8.66. The highest BCUT2D eigenvalue weighted by atomic mass is 16.7. The number of benzene rings is 2. The third-order valence-electron chi connectivity index (χ3n) is 4.15. The minimum absolute atomic E-state index is 0.239. The van der Waals surface area contributed by atoms with Crippen molar-refractivity contribution in [1.82, 2.24) is 9.97 Å². The summed E-state index contributed by atoms with van der Waals surface area (Å²) >= 11 is 0. The van der Waals surface area contributed by atoms with Crippen molar-refractivity contribution in [2.75, 3.05) is 31.6 Å². The Labute approximate surface area is 162 Å². The Hall–Kier alpha value is -3.68. The molecule has 2 N–H and O–H groups in total. The molecule has 2 aromatic carbocycles. The number of aromatic nitrogens is 2. The number of methoxy groups -OCH3 is 2. The smallest absolute Gasteiger partial charge is 0.231 e. The molecule has 0 saturated heterocycles. The zero-order chi connectivity index (χ0) is 19.5. The van der Waals surface area contributed by atoms with Crippen LogP contribution in [0.25, 0.3) is 0 Å². The van der Waals surface area contributed by atoms with Gasteiger partial charge in [0.15, 0.2) is 11.5 Å². The number of ether oxygens (including phenoxy) is 4. The lowest BCUT2D eigenvalue weighted by molar-refractivity contribution is 0.174. The molecule has 0 aliphatic carbocycles. The summed E-state index contributed by atoms with van der Waals surface area (Å²) in [6, 6.07) is 13.0. The summed E-state index contributed by atoms with van der Waals surface area (Å²) < 4.78 is 21.4. The maximum absolute atomic E-state index is 5.43. The molecule has 0 unspecified atom stereocenters. The van der Waals surface area contributed by atoms with E-state index in [0.29, 0.717) is 34.7 Å². The largest absolute Gasteiger partial charge is 0.497 e. The molecule has 0 atom stereocenters. The molecule has 8 heteroatoms. The molecule has 0 amide bonds. The molecule has 144 valence electrons. The Balaban J connectivity index is 1.57. The van der Waals surface area contributed by atoms with Crippen molar-refractivity contribution < 1.29 is 18.9 Å². The molecule has 1 aliphatic heterocycles. The van der Waals surface area contributed by atoms with Gasteiger partial charge in [-0.2, -0.15) is 0 Å². The van der Waals surface area contributed by atoms with Crippen LogP contribution in [0.1, 0.15) is 5.82 Å². The predicted molar refractivity (Wildman–Crippen MR) is 105 cm³/mol. The maximum Gasteiger partial charge on any atom is 0.231 e. The molecule has 0 radical (unpaired) electrons. The summed E-state index contributed by atoms with van der Waals surface area (Å²) in [4.78, 5) is 8.90. The first kappa shape index (κ1) is 17.7. The second-order valence-electron chi connectivity index (χ2n) is 6.07. The van der Waals surface area contributed by atoms with Gasteiger partial charge in [-0.05, 0) is 31.2 Å². The summed E-state index contributed by atoms with van der Waals surface area (Å²) in [6.07, 6.45) is 0. The average molecular weight is 380 g/mol. The van der Waals surface area contributed by atoms with E-state index in [1.165, 1.54) is 0 Å². The Kier molecular flexibility index (Phi) is 4.76. The number of rotatable bonds is 6. The fourth-order valence-electron chi connectivity index (χ4n) is 2.86. The van der Waals surface area contributed by atoms with Gasteiger partial charge in [0, 0.05) is 23.9 Å². The number of hydrogen-bond acceptors (Lipinski definition) is 8. The van der Waals surface area contributed by atoms with E-state index < -0.39 is 0 Å². The average Bonchev–Trinajstić information content (AvgIpc) is 3.15. The van der Waals surface area contributed by atoms with Gasteiger partial charge in [0.1, 0.15) is 29.0 Å². The molecule has 0 fully saturated rings. The van der Waals surface area contributed by atoms with E-state index in [-0.39, 0.29) is 6.79 Å². The second-order valence-corrected chi connectivity index (χ2v) is 6.07. The molecule has 8 nitrogen and oxygen atoms in total. The molecule has 2 heterocycles. The van der Waals surface area contributed by atoms with Crippen LogP contribution in [0.15, 0.2) is 42.5 Å². The van der Waals surface area contributed by atoms with Gasteiger partial charge in [0.25, 0.3) is 0 Å². The van der Waals surface area contributed by atoms with Crippen LogP contribution < -0.4 is 29.6 Å². The first-order chi connectivity index (χ1) is 13.6. The van der Waals surface area contributed by atoms with Crippen LogP contribution in [0.5, 0.6) is 23.0 Å². The third-order valence-corrected chi connectivity index (χ3v) is 4.15. The Morgan fingerprint density at radius 3 is 2.43 bits per heavy atom. The van der Waals surface area contributed by atoms with Gasteiger partial charge in [0.05, 0.1) is 19.9 Å². The summed E-state index contributed by atoms with van der Waals surface area (Å²) in [5.74, 6) is 4.73. The minimum atomic E-state index is 0.239. The number of hydrogen-bond donors (Lipinski definition) is 2. The molecular weight excluding hydrogens is 360 g/mol. The van der Waals surface area contributed by atoms with Gasteiger partial charge >= 0.3 is 0 Å². The zero-order valence-corrected chi connectivity index (χ0v) is 15.8. The van der Waals surface area contributed by atoms with Crippen molar-refractivity contribution in [1.29, 1.82) is 0 Å². The summed E-state index contributed by atoms with van der Waals surface area (Å²) in [6.45, 7) is 2.07. The van der Waals surface area contributed by atoms with Crippen molar-refractivity contribution in [3.63, 3.8) is 0 Å². The van der Waals surface area contributed by atoms with E-state index in [4.69, 9.17) is 18.9 Å². The van der Waals surface area contributed by atoms with Gasteiger partial charge < -0.3 is 29.6 Å². The molecule has 1 aliphatic rings. The Morgan fingerprint density at radius 2 is 1.64 bits per heavy atom. The number of nitrogens with zero attached hydrogens (tertiary/aromatic N) is 2. The maximum atomic E-state index is 5.43. The van der Waals surface area contributed by atoms with Crippen LogP contribution in [0.2, 0.25) is 0 Å². The van der Waals surface area contributed by atoms with Crippen LogP contribution in [0.4, 0.5) is 23.0 Å². The molecule has 3 aromatic rings. The number of anilines is 4. The lowest BCUT2D eigenvalue weighted by Crippen LogP contribution is -2.02. The van der Waals surface area contributed by atoms with Crippen LogP contribution in [-0.4, -0.2) is 31.0 Å². The van der Waals surface area contributed by atoms with Crippen molar-refractivity contribution in [3.8, 4) is 23.0 Å². The normalized spacial score (nSPS) is 11.8. The van der Waals surface area contributed by atoms with Gasteiger partial charge in [-0.1, -0.05) is 0 Å². The molecule has 0 bridgehead atoms. The van der Waals surface area contributed by atoms with Crippen LogP contribution in [0.3, 0.4) is 0 Å². The van der Waals surface area contributed by atoms with E-state index in [1.807, 2.05) is 49.4 Å². The standard InChI is InChI=1S/C20H20N4O4/c1-12-21-19(23-13-4-7-16-18(8-13)28-11-27-16)10-20(22-12)24-15-6-5-14(25-2)9-17(15)26-3/h4-10H,11H2,1-3H3,(H2,21,22,23,24). The minimum Gasteiger partial charge on any atom is -0.497 e. The van der Waals surface area contributed by atoms with Gasteiger partial charge in [-0.15, -0.1) is 0 Å². The van der Waals surface area contributed by atoms with Gasteiger partial charge in [-0.25, -0.2) is 9.97 Å². The number of fused-ring (bicyclic) bond motifs is 1. The first-order valence-corrected chi connectivity index (χ1v) is 8.66. The van der Waals surface area contributed by atoms with E-state index in [1.54, 1.807) is 14.2 Å². The van der Waals surface area contributed by atoms with Crippen molar-refractivity contribution in [3.05, 3.63) is 48.3 Å². The van der Waals surface area contributed by atoms with Crippen LogP contribution >= 0.6 is 0 Å². The predicted octanol–water partition coefficient (Wildman–Crippen LogP) is 4.02. The Bertz CT molecular complexity index is 1010. The Morgan fingerprint density at radius 1 is 0.857 bits per heavy atom. The molecule has 0 spiro atoms. The highest BCUT2D eigenvalue weighted by Crippen LogP contribution is 2.35. The van der Waals surface area contributed by atoms with Crippen molar-refractivity contribution >= 4 is 23.0 Å². The molecule has 1 aromatic heterocycles. The summed E-state index contributed by atoms with van der Waals surface area (Å²) in [5.41, 5.74) is 1.62. The molecule has 0 saturated carbocycles. The van der Waals surface area contributed by atoms with Crippen LogP contribution in [0, 0.1) is 6.92 Å². The monoisotopic (exact) mass is 380 g/mol. The van der Waals surface area contributed by atoms with E-state index >= 15 is 0 Å². The van der Waals surface area contributed by atoms with Crippen molar-refractivity contribution in [2.24, 2.45) is 0 Å². The molecular formula is C20H20N4O4. The van der Waals surface area contributed by atoms with Gasteiger partial charge in [0.2, 0.25) is 6.79 Å². The second kappa shape index (κ2) is 7.51. The topological polar surface area (TPSA) is 86.8 Å². The zero-order valence-electron chi connectivity index (χ0n) is 15.8. The van der Waals surface area contributed by atoms with E-state index in [0.717, 1.165) is 17.1 Å². The lowest BCUT2D eigenvalue weighted by Gasteiger charge is -2.13. The summed E-state index contributed by atoms with van der Waals surface area (Å²) in [5, 5.41) is 6.54. The molecule has 4 rings (SSSR count). The highest BCUT2D eigenvalue weighted by Gasteiger charge is 2.14. The fourth-order valence-corrected chi connectivity index (χ4v) is 2.86. The number of nitrogens with one attached hydrogen (secondary N) is 2. The number of aryl methyl sites for hydroxylation is 1. The van der Waals surface area contributed by atoms with Gasteiger partial charge in [-0.3, -0.25) is 0 Å². The van der Waals surface area contributed by atoms with Crippen LogP contribution in [-0.2, 0) is 0 Å². The quantitative estimate of drug-likeness (QED) is 0.663.